The zero-order chi connectivity index (χ0) is 10.2. The van der Waals surface area contributed by atoms with Crippen LogP contribution in [0.3, 0.4) is 0 Å². The smallest absolute Gasteiger partial charge is 0.330 e. The predicted octanol–water partition coefficient (Wildman–Crippen LogP) is 1.77. The molecule has 0 saturated heterocycles. The van der Waals surface area contributed by atoms with Gasteiger partial charge in [-0.25, -0.2) is 9.78 Å². The van der Waals surface area contributed by atoms with Crippen LogP contribution in [0.15, 0.2) is 18.6 Å². The zero-order valence-electron chi connectivity index (χ0n) is 8.19. The van der Waals surface area contributed by atoms with Crippen LogP contribution in [0.25, 0.3) is 6.08 Å². The number of unbranched alkanes of at least 4 members (excludes halogenated alkanes) is 1. The van der Waals surface area contributed by atoms with Gasteiger partial charge >= 0.3 is 5.97 Å². The SMILES string of the molecule is CCCCOC(=O)C=Cc1c[nH]cn1. The van der Waals surface area contributed by atoms with Crippen molar-refractivity contribution in [2.75, 3.05) is 6.61 Å². The molecule has 1 aromatic heterocycles. The van der Waals surface area contributed by atoms with Crippen LogP contribution in [0.2, 0.25) is 0 Å². The number of aromatic amines is 1. The van der Waals surface area contributed by atoms with E-state index in [-0.39, 0.29) is 5.97 Å². The number of imidazole rings is 1. The molecule has 0 bridgehead atoms. The minimum Gasteiger partial charge on any atom is -0.463 e. The van der Waals surface area contributed by atoms with E-state index in [1.807, 2.05) is 6.92 Å². The van der Waals surface area contributed by atoms with Crippen molar-refractivity contribution in [1.82, 2.24) is 9.97 Å². The maximum Gasteiger partial charge on any atom is 0.330 e. The molecule has 1 rings (SSSR count). The lowest BCUT2D eigenvalue weighted by Gasteiger charge is -1.98. The topological polar surface area (TPSA) is 55.0 Å². The van der Waals surface area contributed by atoms with Gasteiger partial charge in [0, 0.05) is 12.3 Å². The van der Waals surface area contributed by atoms with Gasteiger partial charge in [0.15, 0.2) is 0 Å². The zero-order valence-corrected chi connectivity index (χ0v) is 8.19. The van der Waals surface area contributed by atoms with Gasteiger partial charge in [-0.15, -0.1) is 0 Å². The van der Waals surface area contributed by atoms with Crippen molar-refractivity contribution >= 4 is 12.0 Å². The summed E-state index contributed by atoms with van der Waals surface area (Å²) in [6, 6.07) is 0. The average Bonchev–Trinajstić information content (AvgIpc) is 2.68. The Morgan fingerprint density at radius 1 is 1.71 bits per heavy atom. The fraction of sp³-hybridized carbons (Fsp3) is 0.400. The molecule has 0 fully saturated rings. The monoisotopic (exact) mass is 194 g/mol. The number of carbonyl (C=O) groups is 1. The molecule has 0 atom stereocenters. The second kappa shape index (κ2) is 5.96. The van der Waals surface area contributed by atoms with Gasteiger partial charge in [-0.3, -0.25) is 0 Å². The molecule has 0 amide bonds. The first-order valence-electron chi connectivity index (χ1n) is 4.66. The summed E-state index contributed by atoms with van der Waals surface area (Å²) in [5.74, 6) is -0.318. The van der Waals surface area contributed by atoms with Gasteiger partial charge in [-0.1, -0.05) is 13.3 Å². The summed E-state index contributed by atoms with van der Waals surface area (Å²) in [4.78, 5) is 17.8. The van der Waals surface area contributed by atoms with Crippen molar-refractivity contribution in [2.24, 2.45) is 0 Å². The van der Waals surface area contributed by atoms with Gasteiger partial charge < -0.3 is 9.72 Å². The largest absolute Gasteiger partial charge is 0.463 e. The van der Waals surface area contributed by atoms with Crippen molar-refractivity contribution in [1.29, 1.82) is 0 Å². The van der Waals surface area contributed by atoms with E-state index >= 15 is 0 Å². The number of hydrogen-bond donors (Lipinski definition) is 1. The average molecular weight is 194 g/mol. The highest BCUT2D eigenvalue weighted by molar-refractivity contribution is 5.86. The minimum atomic E-state index is -0.318. The van der Waals surface area contributed by atoms with Crippen molar-refractivity contribution in [3.63, 3.8) is 0 Å². The Bertz CT molecular complexity index is 291. The standard InChI is InChI=1S/C10H14N2O2/c1-2-3-6-14-10(13)5-4-9-7-11-8-12-9/h4-5,7-8H,2-3,6H2,1H3,(H,11,12). The third-order valence-corrected chi connectivity index (χ3v) is 1.65. The molecule has 1 N–H and O–H groups in total. The highest BCUT2D eigenvalue weighted by Crippen LogP contribution is 1.96. The molecule has 0 saturated carbocycles. The summed E-state index contributed by atoms with van der Waals surface area (Å²) < 4.78 is 4.92. The van der Waals surface area contributed by atoms with Crippen molar-refractivity contribution in [3.8, 4) is 0 Å². The van der Waals surface area contributed by atoms with E-state index in [9.17, 15) is 4.79 Å². The summed E-state index contributed by atoms with van der Waals surface area (Å²) in [5, 5.41) is 0. The number of H-pyrrole nitrogens is 1. The Balaban J connectivity index is 2.26. The second-order valence-corrected chi connectivity index (χ2v) is 2.85. The number of aromatic nitrogens is 2. The lowest BCUT2D eigenvalue weighted by molar-refractivity contribution is -0.137. The molecule has 4 heteroatoms. The summed E-state index contributed by atoms with van der Waals surface area (Å²) >= 11 is 0. The van der Waals surface area contributed by atoms with Crippen LogP contribution in [-0.4, -0.2) is 22.5 Å². The number of esters is 1. The van der Waals surface area contributed by atoms with Gasteiger partial charge in [0.05, 0.1) is 18.6 Å². The molecule has 0 unspecified atom stereocenters. The van der Waals surface area contributed by atoms with Gasteiger partial charge in [0.1, 0.15) is 0 Å². The van der Waals surface area contributed by atoms with E-state index in [0.717, 1.165) is 18.5 Å². The Kier molecular flexibility index (Phi) is 4.47. The number of rotatable bonds is 5. The maximum absolute atomic E-state index is 11.1. The van der Waals surface area contributed by atoms with E-state index in [2.05, 4.69) is 9.97 Å². The molecule has 4 nitrogen and oxygen atoms in total. The molecule has 0 aliphatic rings. The van der Waals surface area contributed by atoms with E-state index in [1.54, 1.807) is 18.6 Å². The third kappa shape index (κ3) is 3.89. The van der Waals surface area contributed by atoms with Gasteiger partial charge in [0.25, 0.3) is 0 Å². The lowest BCUT2D eigenvalue weighted by atomic mass is 10.3. The van der Waals surface area contributed by atoms with Crippen LogP contribution in [0.5, 0.6) is 0 Å². The van der Waals surface area contributed by atoms with E-state index < -0.39 is 0 Å². The number of nitrogens with one attached hydrogen (secondary N) is 1. The maximum atomic E-state index is 11.1. The molecular formula is C10H14N2O2. The van der Waals surface area contributed by atoms with E-state index in [0.29, 0.717) is 6.61 Å². The first-order valence-corrected chi connectivity index (χ1v) is 4.66. The van der Waals surface area contributed by atoms with E-state index in [4.69, 9.17) is 4.74 Å². The molecule has 14 heavy (non-hydrogen) atoms. The van der Waals surface area contributed by atoms with Gasteiger partial charge in [-0.05, 0) is 12.5 Å². The van der Waals surface area contributed by atoms with Crippen molar-refractivity contribution in [3.05, 3.63) is 24.3 Å². The first kappa shape index (κ1) is 10.5. The summed E-state index contributed by atoms with van der Waals surface area (Å²) in [7, 11) is 0. The van der Waals surface area contributed by atoms with Crippen LogP contribution < -0.4 is 0 Å². The highest BCUT2D eigenvalue weighted by atomic mass is 16.5. The summed E-state index contributed by atoms with van der Waals surface area (Å²) in [5.41, 5.74) is 0.720. The number of ether oxygens (including phenoxy) is 1. The van der Waals surface area contributed by atoms with E-state index in [1.165, 1.54) is 6.08 Å². The molecule has 0 radical (unpaired) electrons. The number of carbonyl (C=O) groups excluding carboxylic acids is 1. The fourth-order valence-corrected chi connectivity index (χ4v) is 0.881. The number of nitrogens with zero attached hydrogens (tertiary/aromatic N) is 1. The highest BCUT2D eigenvalue weighted by Gasteiger charge is 1.95. The van der Waals surface area contributed by atoms with Crippen molar-refractivity contribution in [2.45, 2.75) is 19.8 Å². The molecule has 0 aromatic carbocycles. The number of hydrogen-bond acceptors (Lipinski definition) is 3. The normalized spacial score (nSPS) is 10.6. The second-order valence-electron chi connectivity index (χ2n) is 2.85. The molecule has 1 aromatic rings. The Labute approximate surface area is 83.0 Å². The van der Waals surface area contributed by atoms with Gasteiger partial charge in [-0.2, -0.15) is 0 Å². The third-order valence-electron chi connectivity index (χ3n) is 1.65. The lowest BCUT2D eigenvalue weighted by Crippen LogP contribution is -2.01. The Hall–Kier alpha value is -1.58. The molecular weight excluding hydrogens is 180 g/mol. The summed E-state index contributed by atoms with van der Waals surface area (Å²) in [6.45, 7) is 2.54. The van der Waals surface area contributed by atoms with Crippen molar-refractivity contribution < 1.29 is 9.53 Å². The quantitative estimate of drug-likeness (QED) is 0.441. The summed E-state index contributed by atoms with van der Waals surface area (Å²) in [6.07, 6.45) is 8.19. The van der Waals surface area contributed by atoms with Crippen LogP contribution in [0.4, 0.5) is 0 Å². The van der Waals surface area contributed by atoms with Crippen LogP contribution in [-0.2, 0) is 9.53 Å². The molecule has 1 heterocycles. The molecule has 0 aliphatic carbocycles. The molecule has 0 spiro atoms. The Morgan fingerprint density at radius 3 is 3.21 bits per heavy atom. The first-order chi connectivity index (χ1) is 6.83. The van der Waals surface area contributed by atoms with Crippen LogP contribution >= 0.6 is 0 Å². The predicted molar refractivity (Wildman–Crippen MR) is 53.5 cm³/mol. The Morgan fingerprint density at radius 2 is 2.57 bits per heavy atom. The van der Waals surface area contributed by atoms with Crippen LogP contribution in [0, 0.1) is 0 Å². The van der Waals surface area contributed by atoms with Gasteiger partial charge in [0.2, 0.25) is 0 Å². The fourth-order valence-electron chi connectivity index (χ4n) is 0.881. The minimum absolute atomic E-state index is 0.318. The van der Waals surface area contributed by atoms with Crippen LogP contribution in [0.1, 0.15) is 25.5 Å². The molecule has 0 aliphatic heterocycles. The molecule has 76 valence electrons.